The molecule has 1 rings (SSSR count). The van der Waals surface area contributed by atoms with E-state index in [0.717, 1.165) is 29.3 Å². The van der Waals surface area contributed by atoms with Crippen LogP contribution in [0.25, 0.3) is 0 Å². The Balaban J connectivity index is 0.00000256. The fourth-order valence-corrected chi connectivity index (χ4v) is 3.33. The standard InChI is InChI=1S/C14H21OP.Li/c1-5-6-7-16-14(15)13-11(3)8-10(2)9-12(13)4;/h8-9,16H,5-7H2,1-4H3;. The predicted molar refractivity (Wildman–Crippen MR) is 78.8 cm³/mol. The van der Waals surface area contributed by atoms with Gasteiger partial charge in [0.25, 0.3) is 0 Å². The Labute approximate surface area is 119 Å². The number of carbonyl (C=O) groups excluding carboxylic acids is 1. The third-order valence-corrected chi connectivity index (χ3v) is 3.89. The van der Waals surface area contributed by atoms with E-state index < -0.39 is 0 Å². The molecule has 0 N–H and O–H groups in total. The molecule has 0 aromatic heterocycles. The predicted octanol–water partition coefficient (Wildman–Crippen LogP) is 3.85. The maximum absolute atomic E-state index is 12.1. The van der Waals surface area contributed by atoms with Crippen molar-refractivity contribution in [1.82, 2.24) is 0 Å². The van der Waals surface area contributed by atoms with Gasteiger partial charge < -0.3 is 0 Å². The number of aryl methyl sites for hydroxylation is 3. The van der Waals surface area contributed by atoms with Crippen LogP contribution in [0.1, 0.15) is 46.8 Å². The molecular formula is C14H21LiOP. The average molecular weight is 243 g/mol. The van der Waals surface area contributed by atoms with Crippen LogP contribution in [0.4, 0.5) is 0 Å². The van der Waals surface area contributed by atoms with Crippen molar-refractivity contribution in [3.8, 4) is 0 Å². The normalized spacial score (nSPS) is 10.6. The molecule has 1 nitrogen and oxygen atoms in total. The summed E-state index contributed by atoms with van der Waals surface area (Å²) in [5.74, 6) is 0. The van der Waals surface area contributed by atoms with Gasteiger partial charge in [0.1, 0.15) is 0 Å². The molecule has 1 atom stereocenters. The van der Waals surface area contributed by atoms with Crippen molar-refractivity contribution >= 4 is 33.0 Å². The van der Waals surface area contributed by atoms with Gasteiger partial charge in [0.2, 0.25) is 0 Å². The molecule has 1 aromatic rings. The van der Waals surface area contributed by atoms with E-state index in [2.05, 4.69) is 26.0 Å². The molecule has 0 aliphatic rings. The first-order valence-electron chi connectivity index (χ1n) is 5.92. The largest absolute Gasteiger partial charge is 0.289 e. The zero-order valence-electron chi connectivity index (χ0n) is 11.7. The minimum Gasteiger partial charge on any atom is -0.289 e. The zero-order chi connectivity index (χ0) is 12.1. The molecule has 0 bridgehead atoms. The van der Waals surface area contributed by atoms with Crippen LogP contribution in [0, 0.1) is 20.8 Å². The van der Waals surface area contributed by atoms with Crippen molar-refractivity contribution in [2.75, 3.05) is 6.16 Å². The van der Waals surface area contributed by atoms with Gasteiger partial charge in [0, 0.05) is 24.4 Å². The van der Waals surface area contributed by atoms with Gasteiger partial charge in [-0.15, -0.1) is 0 Å². The van der Waals surface area contributed by atoms with E-state index in [4.69, 9.17) is 0 Å². The summed E-state index contributed by atoms with van der Waals surface area (Å²) in [6.45, 7) is 8.32. The molecule has 0 amide bonds. The molecule has 0 aliphatic carbocycles. The Kier molecular flexibility index (Phi) is 8.06. The minimum absolute atomic E-state index is 0. The number of carbonyl (C=O) groups is 1. The van der Waals surface area contributed by atoms with Crippen LogP contribution in [0.5, 0.6) is 0 Å². The third kappa shape index (κ3) is 4.97. The first kappa shape index (κ1) is 16.9. The maximum atomic E-state index is 12.1. The zero-order valence-corrected chi connectivity index (χ0v) is 12.7. The molecule has 89 valence electrons. The molecule has 1 radical (unpaired) electrons. The second-order valence-corrected chi connectivity index (χ2v) is 5.69. The Hall–Kier alpha value is -0.0826. The van der Waals surface area contributed by atoms with Crippen LogP contribution in [-0.4, -0.2) is 30.5 Å². The van der Waals surface area contributed by atoms with Crippen molar-refractivity contribution in [2.45, 2.75) is 40.5 Å². The maximum Gasteiger partial charge on any atom is 0.181 e. The van der Waals surface area contributed by atoms with Crippen LogP contribution in [0.15, 0.2) is 12.1 Å². The van der Waals surface area contributed by atoms with Gasteiger partial charge in [0.05, 0.1) is 0 Å². The molecule has 17 heavy (non-hydrogen) atoms. The van der Waals surface area contributed by atoms with Crippen LogP contribution >= 0.6 is 8.58 Å². The fourth-order valence-electron chi connectivity index (χ4n) is 2.01. The second kappa shape index (κ2) is 8.10. The Morgan fingerprint density at radius 1 is 1.18 bits per heavy atom. The molecule has 0 fully saturated rings. The van der Waals surface area contributed by atoms with Crippen molar-refractivity contribution < 1.29 is 4.79 Å². The van der Waals surface area contributed by atoms with Crippen molar-refractivity contribution in [3.63, 3.8) is 0 Å². The van der Waals surface area contributed by atoms with E-state index in [-0.39, 0.29) is 18.9 Å². The SMILES string of the molecule is CCCCPC(=O)c1c(C)cc(C)cc1C.[Li]. The Bertz CT molecular complexity index is 365. The fraction of sp³-hybridized carbons (Fsp3) is 0.500. The van der Waals surface area contributed by atoms with Gasteiger partial charge in [-0.1, -0.05) is 31.0 Å². The molecule has 0 aliphatic heterocycles. The molecule has 0 saturated carbocycles. The molecule has 1 aromatic carbocycles. The van der Waals surface area contributed by atoms with Crippen molar-refractivity contribution in [3.05, 3.63) is 34.4 Å². The molecule has 0 spiro atoms. The quantitative estimate of drug-likeness (QED) is 0.436. The number of hydrogen-bond donors (Lipinski definition) is 0. The first-order valence-corrected chi connectivity index (χ1v) is 7.13. The van der Waals surface area contributed by atoms with E-state index in [0.29, 0.717) is 14.1 Å². The molecule has 0 heterocycles. The van der Waals surface area contributed by atoms with Gasteiger partial charge in [-0.05, 0) is 53.1 Å². The molecule has 0 saturated heterocycles. The number of rotatable bonds is 5. The van der Waals surface area contributed by atoms with Gasteiger partial charge in [-0.25, -0.2) is 0 Å². The van der Waals surface area contributed by atoms with Crippen LogP contribution in [-0.2, 0) is 0 Å². The molecular weight excluding hydrogens is 222 g/mol. The monoisotopic (exact) mass is 243 g/mol. The number of benzene rings is 1. The number of hydrogen-bond acceptors (Lipinski definition) is 1. The topological polar surface area (TPSA) is 17.1 Å². The summed E-state index contributed by atoms with van der Waals surface area (Å²) in [4.78, 5) is 12.1. The van der Waals surface area contributed by atoms with Crippen LogP contribution < -0.4 is 0 Å². The van der Waals surface area contributed by atoms with Crippen molar-refractivity contribution in [2.24, 2.45) is 0 Å². The van der Waals surface area contributed by atoms with Crippen molar-refractivity contribution in [1.29, 1.82) is 0 Å². The van der Waals surface area contributed by atoms with E-state index >= 15 is 0 Å². The Morgan fingerprint density at radius 2 is 1.71 bits per heavy atom. The van der Waals surface area contributed by atoms with E-state index in [1.165, 1.54) is 12.0 Å². The van der Waals surface area contributed by atoms with Gasteiger partial charge in [-0.2, -0.15) is 0 Å². The van der Waals surface area contributed by atoms with E-state index in [1.807, 2.05) is 13.8 Å². The summed E-state index contributed by atoms with van der Waals surface area (Å²) >= 11 is 0. The summed E-state index contributed by atoms with van der Waals surface area (Å²) < 4.78 is 0. The van der Waals surface area contributed by atoms with Gasteiger partial charge in [-0.3, -0.25) is 4.79 Å². The van der Waals surface area contributed by atoms with Crippen LogP contribution in [0.3, 0.4) is 0 Å². The van der Waals surface area contributed by atoms with Gasteiger partial charge >= 0.3 is 0 Å². The summed E-state index contributed by atoms with van der Waals surface area (Å²) in [6, 6.07) is 4.20. The van der Waals surface area contributed by atoms with Crippen LogP contribution in [0.2, 0.25) is 0 Å². The third-order valence-electron chi connectivity index (χ3n) is 2.72. The minimum atomic E-state index is 0. The summed E-state index contributed by atoms with van der Waals surface area (Å²) in [7, 11) is 0.441. The molecule has 3 heteroatoms. The Morgan fingerprint density at radius 3 is 2.18 bits per heavy atom. The van der Waals surface area contributed by atoms with E-state index in [9.17, 15) is 4.79 Å². The van der Waals surface area contributed by atoms with E-state index in [1.54, 1.807) is 0 Å². The summed E-state index contributed by atoms with van der Waals surface area (Å²) in [5, 5.41) is 0. The smallest absolute Gasteiger partial charge is 0.181 e. The summed E-state index contributed by atoms with van der Waals surface area (Å²) in [5.41, 5.74) is 4.80. The number of unbranched alkanes of at least 4 members (excludes halogenated alkanes) is 1. The average Bonchev–Trinajstić information content (AvgIpc) is 2.16. The summed E-state index contributed by atoms with van der Waals surface area (Å²) in [6.07, 6.45) is 3.38. The molecule has 1 unspecified atom stereocenters. The second-order valence-electron chi connectivity index (χ2n) is 4.38. The first-order chi connectivity index (χ1) is 7.56. The van der Waals surface area contributed by atoms with Gasteiger partial charge in [0.15, 0.2) is 5.52 Å².